The topological polar surface area (TPSA) is 58.6 Å². The van der Waals surface area contributed by atoms with Gasteiger partial charge in [0.1, 0.15) is 12.6 Å². The van der Waals surface area contributed by atoms with Crippen LogP contribution in [0.4, 0.5) is 4.79 Å². The van der Waals surface area contributed by atoms with E-state index in [0.29, 0.717) is 13.1 Å². The van der Waals surface area contributed by atoms with Crippen LogP contribution in [0.25, 0.3) is 0 Å². The van der Waals surface area contributed by atoms with Crippen LogP contribution in [0, 0.1) is 5.41 Å². The summed E-state index contributed by atoms with van der Waals surface area (Å²) >= 11 is 0. The Bertz CT molecular complexity index is 523. The number of carbonyl (C=O) groups excluding carboxylic acids is 2. The van der Waals surface area contributed by atoms with Crippen molar-refractivity contribution in [2.75, 3.05) is 13.1 Å². The average molecular weight is 334 g/mol. The van der Waals surface area contributed by atoms with Gasteiger partial charge in [-0.15, -0.1) is 0 Å². The van der Waals surface area contributed by atoms with Gasteiger partial charge in [-0.1, -0.05) is 58.0 Å². The average Bonchev–Trinajstić information content (AvgIpc) is 2.55. The van der Waals surface area contributed by atoms with Crippen molar-refractivity contribution >= 4 is 12.0 Å². The molecule has 1 atom stereocenters. The minimum absolute atomic E-state index is 0.0662. The fraction of sp³-hybridized carbons (Fsp3) is 0.579. The van der Waals surface area contributed by atoms with Crippen molar-refractivity contribution in [1.82, 2.24) is 10.2 Å². The summed E-state index contributed by atoms with van der Waals surface area (Å²) in [6.45, 7) is 11.3. The van der Waals surface area contributed by atoms with Gasteiger partial charge in [-0.25, -0.2) is 4.79 Å². The molecule has 0 radical (unpaired) electrons. The van der Waals surface area contributed by atoms with E-state index in [1.807, 2.05) is 65.0 Å². The first-order valence-corrected chi connectivity index (χ1v) is 8.55. The van der Waals surface area contributed by atoms with Crippen LogP contribution in [0.3, 0.4) is 0 Å². The molecule has 1 N–H and O–H groups in total. The Labute approximate surface area is 145 Å². The van der Waals surface area contributed by atoms with Gasteiger partial charge in [-0.2, -0.15) is 0 Å². The Kier molecular flexibility index (Phi) is 7.75. The van der Waals surface area contributed by atoms with E-state index in [0.717, 1.165) is 12.0 Å². The number of carbonyl (C=O) groups is 2. The molecule has 0 saturated heterocycles. The van der Waals surface area contributed by atoms with E-state index < -0.39 is 17.6 Å². The summed E-state index contributed by atoms with van der Waals surface area (Å²) in [5.41, 5.74) is 0.511. The lowest BCUT2D eigenvalue weighted by atomic mass is 9.86. The van der Waals surface area contributed by atoms with E-state index in [-0.39, 0.29) is 12.5 Å². The molecule has 0 aliphatic rings. The smallest absolute Gasteiger partial charge is 0.408 e. The van der Waals surface area contributed by atoms with Gasteiger partial charge in [0.05, 0.1) is 0 Å². The molecule has 0 bridgehead atoms. The van der Waals surface area contributed by atoms with Gasteiger partial charge >= 0.3 is 6.09 Å². The molecule has 5 heteroatoms. The van der Waals surface area contributed by atoms with Gasteiger partial charge < -0.3 is 15.0 Å². The first kappa shape index (κ1) is 20.0. The molecule has 134 valence electrons. The summed E-state index contributed by atoms with van der Waals surface area (Å²) in [5.74, 6) is -0.0662. The Morgan fingerprint density at radius 1 is 1.17 bits per heavy atom. The number of nitrogens with one attached hydrogen (secondary N) is 1. The van der Waals surface area contributed by atoms with Crippen LogP contribution in [0.15, 0.2) is 30.3 Å². The summed E-state index contributed by atoms with van der Waals surface area (Å²) in [5, 5.41) is 2.75. The van der Waals surface area contributed by atoms with Gasteiger partial charge in [0.15, 0.2) is 0 Å². The first-order valence-electron chi connectivity index (χ1n) is 8.55. The molecule has 0 spiro atoms. The van der Waals surface area contributed by atoms with E-state index in [1.54, 1.807) is 4.90 Å². The Morgan fingerprint density at radius 2 is 1.79 bits per heavy atom. The zero-order valence-corrected chi connectivity index (χ0v) is 15.5. The number of hydrogen-bond donors (Lipinski definition) is 1. The van der Waals surface area contributed by atoms with Gasteiger partial charge in [0, 0.05) is 13.1 Å². The number of ether oxygens (including phenoxy) is 1. The normalized spacial score (nSPS) is 12.4. The fourth-order valence-electron chi connectivity index (χ4n) is 2.41. The van der Waals surface area contributed by atoms with E-state index in [4.69, 9.17) is 4.74 Å². The third-order valence-corrected chi connectivity index (χ3v) is 3.77. The Balaban J connectivity index is 2.71. The minimum Gasteiger partial charge on any atom is -0.445 e. The van der Waals surface area contributed by atoms with E-state index in [9.17, 15) is 9.59 Å². The predicted octanol–water partition coefficient (Wildman–Crippen LogP) is 3.59. The van der Waals surface area contributed by atoms with Gasteiger partial charge in [-0.05, 0) is 24.3 Å². The molecule has 0 aromatic heterocycles. The zero-order valence-electron chi connectivity index (χ0n) is 15.5. The summed E-state index contributed by atoms with van der Waals surface area (Å²) in [4.78, 5) is 26.7. The Morgan fingerprint density at radius 3 is 2.29 bits per heavy atom. The number of benzene rings is 1. The summed E-state index contributed by atoms with van der Waals surface area (Å²) in [7, 11) is 0. The molecule has 5 nitrogen and oxygen atoms in total. The quantitative estimate of drug-likeness (QED) is 0.829. The van der Waals surface area contributed by atoms with Crippen molar-refractivity contribution in [2.24, 2.45) is 5.41 Å². The second-order valence-electron chi connectivity index (χ2n) is 6.92. The van der Waals surface area contributed by atoms with Crippen molar-refractivity contribution in [2.45, 2.75) is 53.7 Å². The van der Waals surface area contributed by atoms with Crippen LogP contribution >= 0.6 is 0 Å². The second kappa shape index (κ2) is 9.30. The molecular weight excluding hydrogens is 304 g/mol. The fourth-order valence-corrected chi connectivity index (χ4v) is 2.41. The lowest BCUT2D eigenvalue weighted by Crippen LogP contribution is -2.55. The highest BCUT2D eigenvalue weighted by atomic mass is 16.5. The van der Waals surface area contributed by atoms with Crippen molar-refractivity contribution in [3.63, 3.8) is 0 Å². The number of likely N-dealkylation sites (N-methyl/N-ethyl adjacent to an activating group) is 1. The van der Waals surface area contributed by atoms with Crippen molar-refractivity contribution in [1.29, 1.82) is 0 Å². The van der Waals surface area contributed by atoms with Crippen LogP contribution in [-0.4, -0.2) is 36.0 Å². The van der Waals surface area contributed by atoms with Gasteiger partial charge in [0.2, 0.25) is 5.91 Å². The Hall–Kier alpha value is -2.04. The number of alkyl carbamates (subject to hydrolysis) is 1. The third-order valence-electron chi connectivity index (χ3n) is 3.77. The van der Waals surface area contributed by atoms with Crippen molar-refractivity contribution < 1.29 is 14.3 Å². The number of nitrogens with zero attached hydrogens (tertiary/aromatic N) is 1. The monoisotopic (exact) mass is 334 g/mol. The highest BCUT2D eigenvalue weighted by Crippen LogP contribution is 2.21. The van der Waals surface area contributed by atoms with Crippen LogP contribution in [0.1, 0.15) is 46.6 Å². The predicted molar refractivity (Wildman–Crippen MR) is 95.6 cm³/mol. The molecule has 0 heterocycles. The lowest BCUT2D eigenvalue weighted by Gasteiger charge is -2.34. The second-order valence-corrected chi connectivity index (χ2v) is 6.92. The standard InChI is InChI=1S/C19H30N2O3/c1-6-13-21(7-2)17(22)16(19(3,4)5)20-18(23)24-14-15-11-9-8-10-12-15/h8-12,16H,6-7,13-14H2,1-5H3,(H,20,23). The number of amides is 2. The molecule has 0 fully saturated rings. The van der Waals surface area contributed by atoms with Crippen molar-refractivity contribution in [3.8, 4) is 0 Å². The highest BCUT2D eigenvalue weighted by molar-refractivity contribution is 5.86. The lowest BCUT2D eigenvalue weighted by molar-refractivity contribution is -0.135. The number of rotatable bonds is 7. The summed E-state index contributed by atoms with van der Waals surface area (Å²) in [6.07, 6.45) is 0.314. The molecule has 24 heavy (non-hydrogen) atoms. The van der Waals surface area contributed by atoms with Crippen LogP contribution in [0.2, 0.25) is 0 Å². The minimum atomic E-state index is -0.618. The van der Waals surface area contributed by atoms with Crippen LogP contribution < -0.4 is 5.32 Å². The molecule has 1 rings (SSSR count). The van der Waals surface area contributed by atoms with Gasteiger partial charge in [-0.3, -0.25) is 4.79 Å². The molecule has 0 aliphatic heterocycles. The van der Waals surface area contributed by atoms with Crippen LogP contribution in [0.5, 0.6) is 0 Å². The molecule has 1 aromatic rings. The molecule has 1 aromatic carbocycles. The van der Waals surface area contributed by atoms with Crippen LogP contribution in [-0.2, 0) is 16.1 Å². The van der Waals surface area contributed by atoms with E-state index >= 15 is 0 Å². The maximum Gasteiger partial charge on any atom is 0.408 e. The summed E-state index contributed by atoms with van der Waals surface area (Å²) in [6, 6.07) is 8.85. The van der Waals surface area contributed by atoms with Gasteiger partial charge in [0.25, 0.3) is 0 Å². The highest BCUT2D eigenvalue weighted by Gasteiger charge is 2.35. The summed E-state index contributed by atoms with van der Waals surface area (Å²) < 4.78 is 5.26. The molecular formula is C19H30N2O3. The third kappa shape index (κ3) is 6.22. The maximum atomic E-state index is 12.8. The molecule has 0 saturated carbocycles. The molecule has 2 amide bonds. The molecule has 0 aliphatic carbocycles. The van der Waals surface area contributed by atoms with E-state index in [2.05, 4.69) is 5.32 Å². The number of hydrogen-bond acceptors (Lipinski definition) is 3. The maximum absolute atomic E-state index is 12.8. The van der Waals surface area contributed by atoms with Crippen molar-refractivity contribution in [3.05, 3.63) is 35.9 Å². The SMILES string of the molecule is CCCN(CC)C(=O)C(NC(=O)OCc1ccccc1)C(C)(C)C. The van der Waals surface area contributed by atoms with E-state index in [1.165, 1.54) is 0 Å². The zero-order chi connectivity index (χ0) is 18.2. The first-order chi connectivity index (χ1) is 11.3. The largest absolute Gasteiger partial charge is 0.445 e. The molecule has 1 unspecified atom stereocenters.